The average molecular weight is 247 g/mol. The molecule has 2 atom stereocenters. The zero-order chi connectivity index (χ0) is 13.1. The molecule has 1 aliphatic rings. The number of ether oxygens (including phenoxy) is 1. The van der Waals surface area contributed by atoms with E-state index in [1.807, 2.05) is 18.2 Å². The molecule has 3 N–H and O–H groups in total. The largest absolute Gasteiger partial charge is 0.384 e. The molecule has 1 aromatic carbocycles. The monoisotopic (exact) mass is 247 g/mol. The van der Waals surface area contributed by atoms with Gasteiger partial charge < -0.3 is 10.5 Å². The molecule has 2 unspecified atom stereocenters. The summed E-state index contributed by atoms with van der Waals surface area (Å²) < 4.78 is 5.62. The van der Waals surface area contributed by atoms with Crippen LogP contribution in [0.2, 0.25) is 0 Å². The Kier molecular flexibility index (Phi) is 3.99. The molecule has 18 heavy (non-hydrogen) atoms. The van der Waals surface area contributed by atoms with Crippen molar-refractivity contribution in [2.24, 2.45) is 5.73 Å². The maximum absolute atomic E-state index is 7.47. The summed E-state index contributed by atoms with van der Waals surface area (Å²) in [5.74, 6) is 0.125. The highest BCUT2D eigenvalue weighted by molar-refractivity contribution is 5.95. The van der Waals surface area contributed by atoms with Gasteiger partial charge in [0, 0.05) is 24.7 Å². The Balaban J connectivity index is 2.08. The standard InChI is InChI=1S/C14H21N3O/c1-10-9-18-11(2)7-17(10)8-12-4-3-5-13(6-12)14(15)16/h3-6,10-11H,7-9H2,1-2H3,(H3,15,16). The Labute approximate surface area is 108 Å². The predicted octanol–water partition coefficient (Wildman–Crippen LogP) is 1.58. The fourth-order valence-electron chi connectivity index (χ4n) is 2.26. The first kappa shape index (κ1) is 13.1. The second-order valence-electron chi connectivity index (χ2n) is 5.04. The number of nitrogens with two attached hydrogens (primary N) is 1. The fourth-order valence-corrected chi connectivity index (χ4v) is 2.26. The number of hydrogen-bond acceptors (Lipinski definition) is 3. The molecule has 2 rings (SSSR count). The van der Waals surface area contributed by atoms with Crippen molar-refractivity contribution >= 4 is 5.84 Å². The molecule has 1 fully saturated rings. The minimum Gasteiger partial charge on any atom is -0.384 e. The van der Waals surface area contributed by atoms with Crippen molar-refractivity contribution < 1.29 is 4.74 Å². The molecule has 0 amide bonds. The molecule has 0 spiro atoms. The van der Waals surface area contributed by atoms with E-state index in [4.69, 9.17) is 15.9 Å². The van der Waals surface area contributed by atoms with E-state index in [9.17, 15) is 0 Å². The van der Waals surface area contributed by atoms with Crippen LogP contribution in [0.4, 0.5) is 0 Å². The molecule has 1 aliphatic heterocycles. The Morgan fingerprint density at radius 1 is 1.50 bits per heavy atom. The van der Waals surface area contributed by atoms with E-state index in [0.717, 1.165) is 25.3 Å². The second-order valence-corrected chi connectivity index (χ2v) is 5.04. The normalized spacial score (nSPS) is 25.0. The van der Waals surface area contributed by atoms with E-state index in [-0.39, 0.29) is 11.9 Å². The fraction of sp³-hybridized carbons (Fsp3) is 0.500. The number of rotatable bonds is 3. The first-order valence-corrected chi connectivity index (χ1v) is 6.35. The summed E-state index contributed by atoms with van der Waals surface area (Å²) in [7, 11) is 0. The van der Waals surface area contributed by atoms with Crippen molar-refractivity contribution in [1.82, 2.24) is 4.90 Å². The number of nitrogen functional groups attached to an aromatic ring is 1. The highest BCUT2D eigenvalue weighted by atomic mass is 16.5. The minimum absolute atomic E-state index is 0.125. The molecular weight excluding hydrogens is 226 g/mol. The van der Waals surface area contributed by atoms with Crippen LogP contribution in [-0.4, -0.2) is 36.0 Å². The highest BCUT2D eigenvalue weighted by Crippen LogP contribution is 2.16. The summed E-state index contributed by atoms with van der Waals surface area (Å²) in [5, 5.41) is 7.47. The maximum Gasteiger partial charge on any atom is 0.122 e. The van der Waals surface area contributed by atoms with E-state index in [0.29, 0.717) is 6.04 Å². The van der Waals surface area contributed by atoms with Crippen LogP contribution in [0.15, 0.2) is 24.3 Å². The number of amidine groups is 1. The SMILES string of the molecule is CC1CN(Cc2cccc(C(=N)N)c2)C(C)CO1. The second kappa shape index (κ2) is 5.50. The number of morpholine rings is 1. The third kappa shape index (κ3) is 3.09. The molecule has 1 saturated heterocycles. The zero-order valence-corrected chi connectivity index (χ0v) is 11.0. The van der Waals surface area contributed by atoms with Gasteiger partial charge in [0.1, 0.15) is 5.84 Å². The Morgan fingerprint density at radius 3 is 3.00 bits per heavy atom. The predicted molar refractivity (Wildman–Crippen MR) is 72.7 cm³/mol. The Hall–Kier alpha value is -1.39. The van der Waals surface area contributed by atoms with Crippen molar-refractivity contribution in [3.05, 3.63) is 35.4 Å². The van der Waals surface area contributed by atoms with Gasteiger partial charge in [0.2, 0.25) is 0 Å². The van der Waals surface area contributed by atoms with Crippen LogP contribution < -0.4 is 5.73 Å². The van der Waals surface area contributed by atoms with Crippen molar-refractivity contribution in [2.45, 2.75) is 32.5 Å². The quantitative estimate of drug-likeness (QED) is 0.629. The van der Waals surface area contributed by atoms with E-state index >= 15 is 0 Å². The van der Waals surface area contributed by atoms with Crippen LogP contribution in [-0.2, 0) is 11.3 Å². The van der Waals surface area contributed by atoms with Crippen LogP contribution in [0, 0.1) is 5.41 Å². The molecular formula is C14H21N3O. The summed E-state index contributed by atoms with van der Waals surface area (Å²) in [5.41, 5.74) is 7.51. The molecule has 0 bridgehead atoms. The first-order valence-electron chi connectivity index (χ1n) is 6.35. The maximum atomic E-state index is 7.47. The summed E-state index contributed by atoms with van der Waals surface area (Å²) in [6.45, 7) is 6.90. The highest BCUT2D eigenvalue weighted by Gasteiger charge is 2.23. The van der Waals surface area contributed by atoms with Crippen molar-refractivity contribution in [3.8, 4) is 0 Å². The van der Waals surface area contributed by atoms with Gasteiger partial charge in [0.05, 0.1) is 12.7 Å². The number of hydrogen-bond donors (Lipinski definition) is 2. The van der Waals surface area contributed by atoms with Gasteiger partial charge in [-0.2, -0.15) is 0 Å². The molecule has 0 saturated carbocycles. The molecule has 4 heteroatoms. The molecule has 0 radical (unpaired) electrons. The first-order chi connectivity index (χ1) is 8.56. The summed E-state index contributed by atoms with van der Waals surface area (Å²) >= 11 is 0. The lowest BCUT2D eigenvalue weighted by molar-refractivity contribution is -0.0526. The van der Waals surface area contributed by atoms with Crippen molar-refractivity contribution in [2.75, 3.05) is 13.2 Å². The van der Waals surface area contributed by atoms with Crippen LogP contribution >= 0.6 is 0 Å². The molecule has 0 aliphatic carbocycles. The molecule has 0 aromatic heterocycles. The van der Waals surface area contributed by atoms with Gasteiger partial charge in [-0.25, -0.2) is 0 Å². The van der Waals surface area contributed by atoms with Gasteiger partial charge >= 0.3 is 0 Å². The van der Waals surface area contributed by atoms with Crippen molar-refractivity contribution in [3.63, 3.8) is 0 Å². The molecule has 1 aromatic rings. The average Bonchev–Trinajstić information content (AvgIpc) is 2.34. The van der Waals surface area contributed by atoms with Crippen LogP contribution in [0.5, 0.6) is 0 Å². The topological polar surface area (TPSA) is 62.3 Å². The van der Waals surface area contributed by atoms with E-state index in [1.165, 1.54) is 5.56 Å². The molecule has 98 valence electrons. The van der Waals surface area contributed by atoms with Crippen molar-refractivity contribution in [1.29, 1.82) is 5.41 Å². The van der Waals surface area contributed by atoms with Gasteiger partial charge in [-0.05, 0) is 25.5 Å². The van der Waals surface area contributed by atoms with Gasteiger partial charge in [-0.15, -0.1) is 0 Å². The van der Waals surface area contributed by atoms with Gasteiger partial charge in [-0.1, -0.05) is 18.2 Å². The lowest BCUT2D eigenvalue weighted by Crippen LogP contribution is -2.46. The summed E-state index contributed by atoms with van der Waals surface area (Å²) in [6, 6.07) is 8.34. The number of nitrogens with zero attached hydrogens (tertiary/aromatic N) is 1. The van der Waals surface area contributed by atoms with Gasteiger partial charge in [0.15, 0.2) is 0 Å². The number of benzene rings is 1. The lowest BCUT2D eigenvalue weighted by Gasteiger charge is -2.36. The third-order valence-corrected chi connectivity index (χ3v) is 3.36. The zero-order valence-electron chi connectivity index (χ0n) is 11.0. The van der Waals surface area contributed by atoms with Crippen LogP contribution in [0.25, 0.3) is 0 Å². The Bertz CT molecular complexity index is 433. The lowest BCUT2D eigenvalue weighted by atomic mass is 10.1. The minimum atomic E-state index is 0.125. The van der Waals surface area contributed by atoms with Gasteiger partial charge in [0.25, 0.3) is 0 Å². The molecule has 1 heterocycles. The van der Waals surface area contributed by atoms with Gasteiger partial charge in [-0.3, -0.25) is 10.3 Å². The van der Waals surface area contributed by atoms with E-state index in [1.54, 1.807) is 0 Å². The summed E-state index contributed by atoms with van der Waals surface area (Å²) in [4.78, 5) is 2.41. The Morgan fingerprint density at radius 2 is 2.28 bits per heavy atom. The van der Waals surface area contributed by atoms with Crippen LogP contribution in [0.3, 0.4) is 0 Å². The smallest absolute Gasteiger partial charge is 0.122 e. The molecule has 4 nitrogen and oxygen atoms in total. The van der Waals surface area contributed by atoms with Crippen LogP contribution in [0.1, 0.15) is 25.0 Å². The third-order valence-electron chi connectivity index (χ3n) is 3.36. The van der Waals surface area contributed by atoms with E-state index < -0.39 is 0 Å². The van der Waals surface area contributed by atoms with E-state index in [2.05, 4.69) is 24.8 Å². The number of nitrogens with one attached hydrogen (secondary N) is 1. The summed E-state index contributed by atoms with van der Waals surface area (Å²) in [6.07, 6.45) is 0.289.